The second kappa shape index (κ2) is 8.86. The summed E-state index contributed by atoms with van der Waals surface area (Å²) in [6, 6.07) is 0. The molecular formula is C13H27NO3. The molecule has 2 unspecified atom stereocenters. The van der Waals surface area contributed by atoms with Gasteiger partial charge in [0.2, 0.25) is 0 Å². The summed E-state index contributed by atoms with van der Waals surface area (Å²) in [5, 5.41) is 9.79. The summed E-state index contributed by atoms with van der Waals surface area (Å²) in [4.78, 5) is 2.36. The predicted octanol–water partition coefficient (Wildman–Crippen LogP) is 1.13. The summed E-state index contributed by atoms with van der Waals surface area (Å²) in [7, 11) is 3.46. The standard InChI is InChI=1S/C13H27NO3/c1-16-10-8-14(9-11-17-2)7-6-12-4-3-5-13(12)15/h12-13,15H,3-11H2,1-2H3. The second-order valence-corrected chi connectivity index (χ2v) is 4.87. The quantitative estimate of drug-likeness (QED) is 0.661. The molecule has 0 bridgehead atoms. The third-order valence-corrected chi connectivity index (χ3v) is 3.66. The van der Waals surface area contributed by atoms with Crippen LogP contribution in [-0.2, 0) is 9.47 Å². The molecule has 1 N–H and O–H groups in total. The third kappa shape index (κ3) is 5.82. The van der Waals surface area contributed by atoms with Gasteiger partial charge >= 0.3 is 0 Å². The van der Waals surface area contributed by atoms with Gasteiger partial charge in [-0.2, -0.15) is 0 Å². The van der Waals surface area contributed by atoms with Crippen molar-refractivity contribution >= 4 is 0 Å². The molecule has 0 aromatic rings. The lowest BCUT2D eigenvalue weighted by molar-refractivity contribution is 0.0926. The fraction of sp³-hybridized carbons (Fsp3) is 1.00. The normalized spacial score (nSPS) is 24.7. The lowest BCUT2D eigenvalue weighted by Gasteiger charge is -2.24. The molecule has 0 aromatic carbocycles. The van der Waals surface area contributed by atoms with Gasteiger partial charge in [0.15, 0.2) is 0 Å². The number of hydrogen-bond donors (Lipinski definition) is 1. The first-order valence-electron chi connectivity index (χ1n) is 6.66. The Labute approximate surface area is 105 Å². The maximum atomic E-state index is 9.79. The van der Waals surface area contributed by atoms with Crippen molar-refractivity contribution < 1.29 is 14.6 Å². The fourth-order valence-electron chi connectivity index (χ4n) is 2.48. The minimum atomic E-state index is -0.0679. The van der Waals surface area contributed by atoms with Crippen LogP contribution in [0.15, 0.2) is 0 Å². The summed E-state index contributed by atoms with van der Waals surface area (Å²) in [5.74, 6) is 0.502. The molecule has 0 heterocycles. The molecule has 102 valence electrons. The summed E-state index contributed by atoms with van der Waals surface area (Å²) in [6.07, 6.45) is 4.38. The van der Waals surface area contributed by atoms with Gasteiger partial charge in [-0.05, 0) is 31.7 Å². The van der Waals surface area contributed by atoms with Crippen molar-refractivity contribution in [1.29, 1.82) is 0 Å². The number of methoxy groups -OCH3 is 2. The van der Waals surface area contributed by atoms with Crippen molar-refractivity contribution in [3.8, 4) is 0 Å². The monoisotopic (exact) mass is 245 g/mol. The molecule has 0 saturated heterocycles. The van der Waals surface area contributed by atoms with Crippen LogP contribution in [0, 0.1) is 5.92 Å². The zero-order chi connectivity index (χ0) is 12.5. The van der Waals surface area contributed by atoms with Gasteiger partial charge in [0, 0.05) is 27.3 Å². The van der Waals surface area contributed by atoms with E-state index in [2.05, 4.69) is 4.90 Å². The van der Waals surface area contributed by atoms with Crippen LogP contribution in [0.25, 0.3) is 0 Å². The van der Waals surface area contributed by atoms with Crippen molar-refractivity contribution in [3.63, 3.8) is 0 Å². The Morgan fingerprint density at radius 1 is 1.06 bits per heavy atom. The van der Waals surface area contributed by atoms with Gasteiger partial charge in [0.1, 0.15) is 0 Å². The van der Waals surface area contributed by atoms with Crippen molar-refractivity contribution in [2.24, 2.45) is 5.92 Å². The molecule has 1 aliphatic rings. The van der Waals surface area contributed by atoms with Crippen LogP contribution in [0.5, 0.6) is 0 Å². The maximum absolute atomic E-state index is 9.79. The fourth-order valence-corrected chi connectivity index (χ4v) is 2.48. The van der Waals surface area contributed by atoms with Crippen LogP contribution in [0.2, 0.25) is 0 Å². The minimum absolute atomic E-state index is 0.0679. The van der Waals surface area contributed by atoms with Crippen LogP contribution < -0.4 is 0 Å². The number of aliphatic hydroxyl groups is 1. The molecule has 2 atom stereocenters. The lowest BCUT2D eigenvalue weighted by atomic mass is 10.0. The van der Waals surface area contributed by atoms with Gasteiger partial charge in [-0.3, -0.25) is 4.90 Å². The van der Waals surface area contributed by atoms with Crippen molar-refractivity contribution in [3.05, 3.63) is 0 Å². The van der Waals surface area contributed by atoms with E-state index in [0.717, 1.165) is 45.7 Å². The highest BCUT2D eigenvalue weighted by molar-refractivity contribution is 4.77. The molecule has 1 saturated carbocycles. The van der Waals surface area contributed by atoms with E-state index in [-0.39, 0.29) is 6.10 Å². The van der Waals surface area contributed by atoms with Crippen LogP contribution in [0.3, 0.4) is 0 Å². The Bertz CT molecular complexity index is 182. The maximum Gasteiger partial charge on any atom is 0.0589 e. The van der Waals surface area contributed by atoms with Gasteiger partial charge in [-0.15, -0.1) is 0 Å². The zero-order valence-electron chi connectivity index (χ0n) is 11.2. The van der Waals surface area contributed by atoms with Gasteiger partial charge in [0.05, 0.1) is 19.3 Å². The molecule has 1 rings (SSSR count). The van der Waals surface area contributed by atoms with Crippen LogP contribution in [0.1, 0.15) is 25.7 Å². The molecule has 1 aliphatic carbocycles. The molecule has 0 radical (unpaired) electrons. The van der Waals surface area contributed by atoms with Crippen LogP contribution in [0.4, 0.5) is 0 Å². The van der Waals surface area contributed by atoms with E-state index in [0.29, 0.717) is 5.92 Å². The van der Waals surface area contributed by atoms with E-state index in [4.69, 9.17) is 9.47 Å². The van der Waals surface area contributed by atoms with E-state index < -0.39 is 0 Å². The number of rotatable bonds is 9. The van der Waals surface area contributed by atoms with Crippen LogP contribution in [-0.4, -0.2) is 63.2 Å². The largest absolute Gasteiger partial charge is 0.393 e. The first-order valence-corrected chi connectivity index (χ1v) is 6.66. The Hall–Kier alpha value is -0.160. The van der Waals surface area contributed by atoms with Gasteiger partial charge in [-0.1, -0.05) is 6.42 Å². The van der Waals surface area contributed by atoms with Gasteiger partial charge < -0.3 is 14.6 Å². The van der Waals surface area contributed by atoms with E-state index in [1.54, 1.807) is 14.2 Å². The van der Waals surface area contributed by atoms with E-state index >= 15 is 0 Å². The molecule has 0 aromatic heterocycles. The molecule has 0 aliphatic heterocycles. The Kier molecular flexibility index (Phi) is 7.77. The molecule has 4 heteroatoms. The summed E-state index contributed by atoms with van der Waals surface area (Å²) >= 11 is 0. The van der Waals surface area contributed by atoms with Crippen LogP contribution >= 0.6 is 0 Å². The second-order valence-electron chi connectivity index (χ2n) is 4.87. The number of ether oxygens (including phenoxy) is 2. The summed E-state index contributed by atoms with van der Waals surface area (Å²) in [6.45, 7) is 4.45. The van der Waals surface area contributed by atoms with Crippen molar-refractivity contribution in [2.75, 3.05) is 47.1 Å². The van der Waals surface area contributed by atoms with E-state index in [1.165, 1.54) is 12.8 Å². The molecule has 17 heavy (non-hydrogen) atoms. The first kappa shape index (κ1) is 14.9. The molecule has 0 spiro atoms. The third-order valence-electron chi connectivity index (χ3n) is 3.66. The van der Waals surface area contributed by atoms with Crippen molar-refractivity contribution in [1.82, 2.24) is 4.90 Å². The SMILES string of the molecule is COCCN(CCOC)CCC1CCCC1O. The topological polar surface area (TPSA) is 41.9 Å². The summed E-state index contributed by atoms with van der Waals surface area (Å²) < 4.78 is 10.2. The predicted molar refractivity (Wildman–Crippen MR) is 68.2 cm³/mol. The highest BCUT2D eigenvalue weighted by Gasteiger charge is 2.25. The Morgan fingerprint density at radius 2 is 1.71 bits per heavy atom. The Balaban J connectivity index is 2.21. The number of aliphatic hydroxyl groups excluding tert-OH is 1. The average Bonchev–Trinajstić information content (AvgIpc) is 2.74. The average molecular weight is 245 g/mol. The Morgan fingerprint density at radius 3 is 2.18 bits per heavy atom. The minimum Gasteiger partial charge on any atom is -0.393 e. The zero-order valence-corrected chi connectivity index (χ0v) is 11.2. The molecule has 0 amide bonds. The van der Waals surface area contributed by atoms with E-state index in [9.17, 15) is 5.11 Å². The number of nitrogens with zero attached hydrogens (tertiary/aromatic N) is 1. The molecular weight excluding hydrogens is 218 g/mol. The summed E-state index contributed by atoms with van der Waals surface area (Å²) in [5.41, 5.74) is 0. The molecule has 4 nitrogen and oxygen atoms in total. The smallest absolute Gasteiger partial charge is 0.0589 e. The van der Waals surface area contributed by atoms with Crippen molar-refractivity contribution in [2.45, 2.75) is 31.8 Å². The highest BCUT2D eigenvalue weighted by Crippen LogP contribution is 2.28. The van der Waals surface area contributed by atoms with Gasteiger partial charge in [-0.25, -0.2) is 0 Å². The van der Waals surface area contributed by atoms with E-state index in [1.807, 2.05) is 0 Å². The highest BCUT2D eigenvalue weighted by atomic mass is 16.5. The first-order chi connectivity index (χ1) is 8.27. The van der Waals surface area contributed by atoms with Gasteiger partial charge in [0.25, 0.3) is 0 Å². The number of hydrogen-bond acceptors (Lipinski definition) is 4. The lowest BCUT2D eigenvalue weighted by Crippen LogP contribution is -2.33. The molecule has 1 fully saturated rings.